The highest BCUT2D eigenvalue weighted by molar-refractivity contribution is 5.81. The van der Waals surface area contributed by atoms with Crippen LogP contribution in [0.25, 0.3) is 0 Å². The Balaban J connectivity index is 1.65. The molecule has 1 unspecified atom stereocenters. The van der Waals surface area contributed by atoms with Crippen LogP contribution in [0.4, 0.5) is 0 Å². The summed E-state index contributed by atoms with van der Waals surface area (Å²) in [6.07, 6.45) is 7.14. The largest absolute Gasteiger partial charge is 0.352 e. The molecule has 19 heavy (non-hydrogen) atoms. The molecule has 1 heterocycles. The summed E-state index contributed by atoms with van der Waals surface area (Å²) in [6.45, 7) is 2.61. The number of nitrogens with one attached hydrogen (secondary N) is 2. The normalized spacial score (nSPS) is 17.6. The fraction of sp³-hybridized carbons (Fsp3) is 0.769. The lowest BCUT2D eigenvalue weighted by Gasteiger charge is -2.17. The maximum Gasteiger partial charge on any atom is 0.237 e. The SMILES string of the molecule is CC(NCCc1ncn(C)n1)C(=O)NC1CCCC1. The van der Waals surface area contributed by atoms with E-state index < -0.39 is 0 Å². The van der Waals surface area contributed by atoms with Crippen molar-refractivity contribution in [3.05, 3.63) is 12.2 Å². The lowest BCUT2D eigenvalue weighted by atomic mass is 10.2. The predicted molar refractivity (Wildman–Crippen MR) is 72.6 cm³/mol. The number of hydrogen-bond acceptors (Lipinski definition) is 4. The molecule has 0 radical (unpaired) electrons. The molecule has 1 aromatic heterocycles. The summed E-state index contributed by atoms with van der Waals surface area (Å²) in [5.74, 6) is 0.902. The van der Waals surface area contributed by atoms with Crippen molar-refractivity contribution in [2.24, 2.45) is 7.05 Å². The van der Waals surface area contributed by atoms with Crippen LogP contribution in [-0.4, -0.2) is 39.3 Å². The van der Waals surface area contributed by atoms with Crippen LogP contribution >= 0.6 is 0 Å². The first-order valence-corrected chi connectivity index (χ1v) is 7.03. The number of nitrogens with zero attached hydrogens (tertiary/aromatic N) is 3. The molecule has 0 bridgehead atoms. The summed E-state index contributed by atoms with van der Waals surface area (Å²) in [7, 11) is 1.85. The smallest absolute Gasteiger partial charge is 0.237 e. The molecule has 6 nitrogen and oxygen atoms in total. The highest BCUT2D eigenvalue weighted by atomic mass is 16.2. The molecule has 0 spiro atoms. The van der Waals surface area contributed by atoms with Crippen LogP contribution < -0.4 is 10.6 Å². The Hall–Kier alpha value is -1.43. The van der Waals surface area contributed by atoms with Crippen molar-refractivity contribution >= 4 is 5.91 Å². The van der Waals surface area contributed by atoms with E-state index in [0.717, 1.165) is 25.1 Å². The molecule has 1 amide bonds. The van der Waals surface area contributed by atoms with Crippen molar-refractivity contribution in [3.63, 3.8) is 0 Å². The number of hydrogen-bond donors (Lipinski definition) is 2. The summed E-state index contributed by atoms with van der Waals surface area (Å²) in [6, 6.07) is 0.221. The molecule has 2 N–H and O–H groups in total. The summed E-state index contributed by atoms with van der Waals surface area (Å²) in [5.41, 5.74) is 0. The molecule has 1 atom stereocenters. The zero-order chi connectivity index (χ0) is 13.7. The van der Waals surface area contributed by atoms with Gasteiger partial charge in [-0.2, -0.15) is 5.10 Å². The van der Waals surface area contributed by atoms with Crippen LogP contribution in [0, 0.1) is 0 Å². The average Bonchev–Trinajstić information content (AvgIpc) is 3.01. The number of aryl methyl sites for hydroxylation is 1. The molecule has 1 fully saturated rings. The second kappa shape index (κ2) is 6.65. The van der Waals surface area contributed by atoms with Crippen LogP contribution in [0.2, 0.25) is 0 Å². The lowest BCUT2D eigenvalue weighted by molar-refractivity contribution is -0.123. The van der Waals surface area contributed by atoms with Gasteiger partial charge >= 0.3 is 0 Å². The summed E-state index contributed by atoms with van der Waals surface area (Å²) < 4.78 is 1.69. The highest BCUT2D eigenvalue weighted by Crippen LogP contribution is 2.17. The third-order valence-corrected chi connectivity index (χ3v) is 3.54. The van der Waals surface area contributed by atoms with Gasteiger partial charge in [0.15, 0.2) is 5.82 Å². The first-order valence-electron chi connectivity index (χ1n) is 7.03. The fourth-order valence-corrected chi connectivity index (χ4v) is 2.39. The molecule has 1 aliphatic carbocycles. The van der Waals surface area contributed by atoms with Crippen LogP contribution in [0.15, 0.2) is 6.33 Å². The van der Waals surface area contributed by atoms with Gasteiger partial charge in [0.2, 0.25) is 5.91 Å². The van der Waals surface area contributed by atoms with E-state index in [2.05, 4.69) is 20.7 Å². The molecule has 1 saturated carbocycles. The van der Waals surface area contributed by atoms with E-state index in [-0.39, 0.29) is 11.9 Å². The maximum absolute atomic E-state index is 11.9. The van der Waals surface area contributed by atoms with E-state index in [1.807, 2.05) is 14.0 Å². The monoisotopic (exact) mass is 265 g/mol. The summed E-state index contributed by atoms with van der Waals surface area (Å²) in [4.78, 5) is 16.1. The van der Waals surface area contributed by atoms with Gasteiger partial charge in [-0.05, 0) is 19.8 Å². The van der Waals surface area contributed by atoms with Gasteiger partial charge in [-0.15, -0.1) is 0 Å². The maximum atomic E-state index is 11.9. The number of rotatable bonds is 6. The second-order valence-electron chi connectivity index (χ2n) is 5.25. The van der Waals surface area contributed by atoms with Crippen LogP contribution in [-0.2, 0) is 18.3 Å². The first-order chi connectivity index (χ1) is 9.15. The molecule has 106 valence electrons. The van der Waals surface area contributed by atoms with Crippen molar-refractivity contribution in [2.75, 3.05) is 6.54 Å². The molecule has 0 aromatic carbocycles. The van der Waals surface area contributed by atoms with E-state index in [4.69, 9.17) is 0 Å². The first kappa shape index (κ1) is 14.0. The zero-order valence-corrected chi connectivity index (χ0v) is 11.7. The Morgan fingerprint density at radius 3 is 2.89 bits per heavy atom. The molecule has 1 aliphatic rings. The zero-order valence-electron chi connectivity index (χ0n) is 11.7. The summed E-state index contributed by atoms with van der Waals surface area (Å²) in [5, 5.41) is 10.5. The van der Waals surface area contributed by atoms with Gasteiger partial charge in [-0.25, -0.2) is 4.98 Å². The van der Waals surface area contributed by atoms with Crippen LogP contribution in [0.3, 0.4) is 0 Å². The van der Waals surface area contributed by atoms with Crippen molar-refractivity contribution in [1.29, 1.82) is 0 Å². The van der Waals surface area contributed by atoms with Gasteiger partial charge in [-0.1, -0.05) is 12.8 Å². The number of carbonyl (C=O) groups excluding carboxylic acids is 1. The average molecular weight is 265 g/mol. The predicted octanol–water partition coefficient (Wildman–Crippen LogP) is 0.394. The lowest BCUT2D eigenvalue weighted by Crippen LogP contribution is -2.46. The fourth-order valence-electron chi connectivity index (χ4n) is 2.39. The van der Waals surface area contributed by atoms with Gasteiger partial charge < -0.3 is 10.6 Å². The minimum absolute atomic E-state index is 0.0980. The van der Waals surface area contributed by atoms with Gasteiger partial charge in [-0.3, -0.25) is 9.48 Å². The molecular formula is C13H23N5O. The Labute approximate surface area is 114 Å². The second-order valence-corrected chi connectivity index (χ2v) is 5.25. The quantitative estimate of drug-likeness (QED) is 0.781. The molecule has 1 aromatic rings. The van der Waals surface area contributed by atoms with E-state index in [9.17, 15) is 4.79 Å². The minimum atomic E-state index is -0.163. The number of aromatic nitrogens is 3. The topological polar surface area (TPSA) is 71.8 Å². The third-order valence-electron chi connectivity index (χ3n) is 3.54. The van der Waals surface area contributed by atoms with Crippen molar-refractivity contribution in [1.82, 2.24) is 25.4 Å². The third kappa shape index (κ3) is 4.31. The van der Waals surface area contributed by atoms with Gasteiger partial charge in [0.25, 0.3) is 0 Å². The Bertz CT molecular complexity index is 411. The van der Waals surface area contributed by atoms with Crippen molar-refractivity contribution in [3.8, 4) is 0 Å². The Morgan fingerprint density at radius 2 is 2.26 bits per heavy atom. The highest BCUT2D eigenvalue weighted by Gasteiger charge is 2.20. The number of carbonyl (C=O) groups is 1. The molecule has 0 saturated heterocycles. The van der Waals surface area contributed by atoms with Crippen LogP contribution in [0.5, 0.6) is 0 Å². The van der Waals surface area contributed by atoms with Crippen molar-refractivity contribution < 1.29 is 4.79 Å². The molecule has 2 rings (SSSR count). The molecule has 0 aliphatic heterocycles. The van der Waals surface area contributed by atoms with E-state index in [1.165, 1.54) is 12.8 Å². The van der Waals surface area contributed by atoms with E-state index in [1.54, 1.807) is 11.0 Å². The molecule has 6 heteroatoms. The van der Waals surface area contributed by atoms with Crippen LogP contribution in [0.1, 0.15) is 38.4 Å². The standard InChI is InChI=1S/C13H23N5O/c1-10(13(19)16-11-5-3-4-6-11)14-8-7-12-15-9-18(2)17-12/h9-11,14H,3-8H2,1-2H3,(H,16,19). The summed E-state index contributed by atoms with van der Waals surface area (Å²) >= 11 is 0. The molecular weight excluding hydrogens is 242 g/mol. The van der Waals surface area contributed by atoms with E-state index >= 15 is 0 Å². The van der Waals surface area contributed by atoms with Gasteiger partial charge in [0, 0.05) is 26.1 Å². The van der Waals surface area contributed by atoms with E-state index in [0.29, 0.717) is 12.6 Å². The number of amides is 1. The Kier molecular flexibility index (Phi) is 4.90. The van der Waals surface area contributed by atoms with Crippen molar-refractivity contribution in [2.45, 2.75) is 51.1 Å². The minimum Gasteiger partial charge on any atom is -0.352 e. The van der Waals surface area contributed by atoms with Gasteiger partial charge in [0.05, 0.1) is 6.04 Å². The Morgan fingerprint density at radius 1 is 1.53 bits per heavy atom. The van der Waals surface area contributed by atoms with Gasteiger partial charge in [0.1, 0.15) is 6.33 Å².